The first-order valence-corrected chi connectivity index (χ1v) is 6.13. The average Bonchev–Trinajstić information content (AvgIpc) is 2.34. The highest BCUT2D eigenvalue weighted by molar-refractivity contribution is 9.10. The Morgan fingerprint density at radius 2 is 1.83 bits per heavy atom. The molecule has 0 amide bonds. The van der Waals surface area contributed by atoms with E-state index in [1.807, 2.05) is 25.1 Å². The largest absolute Gasteiger partial charge is 0.478 e. The van der Waals surface area contributed by atoms with Crippen LogP contribution >= 0.6 is 15.9 Å². The third-order valence-electron chi connectivity index (χ3n) is 2.41. The highest BCUT2D eigenvalue weighted by Gasteiger charge is 2.12. The van der Waals surface area contributed by atoms with Gasteiger partial charge in [-0.2, -0.15) is 0 Å². The van der Waals surface area contributed by atoms with Crippen molar-refractivity contribution in [2.24, 2.45) is 0 Å². The van der Waals surface area contributed by atoms with Gasteiger partial charge in [0.25, 0.3) is 0 Å². The van der Waals surface area contributed by atoms with E-state index in [0.29, 0.717) is 11.5 Å². The number of hydrogen-bond acceptors (Lipinski definition) is 2. The van der Waals surface area contributed by atoms with Crippen LogP contribution in [0.15, 0.2) is 46.9 Å². The molecule has 0 saturated heterocycles. The van der Waals surface area contributed by atoms with Gasteiger partial charge in [-0.3, -0.25) is 0 Å². The van der Waals surface area contributed by atoms with Gasteiger partial charge < -0.3 is 9.84 Å². The first-order chi connectivity index (χ1) is 8.56. The third kappa shape index (κ3) is 2.90. The van der Waals surface area contributed by atoms with Gasteiger partial charge in [-0.1, -0.05) is 27.6 Å². The summed E-state index contributed by atoms with van der Waals surface area (Å²) in [6, 6.07) is 12.3. The zero-order chi connectivity index (χ0) is 13.1. The molecular weight excluding hydrogens is 296 g/mol. The molecule has 0 aliphatic rings. The highest BCUT2D eigenvalue weighted by atomic mass is 79.9. The molecule has 2 rings (SSSR count). The molecule has 2 aromatic carbocycles. The Morgan fingerprint density at radius 1 is 1.17 bits per heavy atom. The first kappa shape index (κ1) is 12.6. The summed E-state index contributed by atoms with van der Waals surface area (Å²) in [6.07, 6.45) is 0. The van der Waals surface area contributed by atoms with E-state index in [-0.39, 0.29) is 5.56 Å². The van der Waals surface area contributed by atoms with Crippen molar-refractivity contribution in [1.82, 2.24) is 0 Å². The van der Waals surface area contributed by atoms with Crippen LogP contribution in [0, 0.1) is 6.92 Å². The predicted octanol–water partition coefficient (Wildman–Crippen LogP) is 4.25. The molecule has 2 aromatic rings. The van der Waals surface area contributed by atoms with E-state index in [1.165, 1.54) is 0 Å². The smallest absolute Gasteiger partial charge is 0.339 e. The fourth-order valence-corrected chi connectivity index (χ4v) is 1.79. The zero-order valence-corrected chi connectivity index (χ0v) is 11.3. The van der Waals surface area contributed by atoms with Gasteiger partial charge >= 0.3 is 5.97 Å². The Hall–Kier alpha value is -1.81. The van der Waals surface area contributed by atoms with Crippen LogP contribution in [0.3, 0.4) is 0 Å². The van der Waals surface area contributed by atoms with Crippen molar-refractivity contribution in [2.45, 2.75) is 6.92 Å². The molecule has 0 saturated carbocycles. The summed E-state index contributed by atoms with van der Waals surface area (Å²) in [5.74, 6) is -0.0502. The van der Waals surface area contributed by atoms with E-state index in [1.54, 1.807) is 24.3 Å². The topological polar surface area (TPSA) is 46.5 Å². The van der Waals surface area contributed by atoms with Gasteiger partial charge in [-0.25, -0.2) is 4.79 Å². The lowest BCUT2D eigenvalue weighted by molar-refractivity contribution is 0.0694. The molecule has 4 heteroatoms. The predicted molar refractivity (Wildman–Crippen MR) is 72.4 cm³/mol. The summed E-state index contributed by atoms with van der Waals surface area (Å²) in [5, 5.41) is 9.12. The van der Waals surface area contributed by atoms with Gasteiger partial charge in [0, 0.05) is 4.47 Å². The van der Waals surface area contributed by atoms with Gasteiger partial charge in [0.05, 0.1) is 0 Å². The summed E-state index contributed by atoms with van der Waals surface area (Å²) >= 11 is 3.33. The van der Waals surface area contributed by atoms with Crippen molar-refractivity contribution < 1.29 is 14.6 Å². The summed E-state index contributed by atoms with van der Waals surface area (Å²) in [5.41, 5.74) is 1.05. The van der Waals surface area contributed by atoms with E-state index in [2.05, 4.69) is 15.9 Å². The molecule has 0 heterocycles. The second-order valence-corrected chi connectivity index (χ2v) is 4.78. The second-order valence-electron chi connectivity index (χ2n) is 3.86. The Bertz CT molecular complexity index is 576. The molecule has 0 aliphatic carbocycles. The number of aryl methyl sites for hydroxylation is 1. The lowest BCUT2D eigenvalue weighted by Gasteiger charge is -2.09. The fourth-order valence-electron chi connectivity index (χ4n) is 1.53. The van der Waals surface area contributed by atoms with Crippen LogP contribution in [0.25, 0.3) is 0 Å². The minimum Gasteiger partial charge on any atom is -0.478 e. The van der Waals surface area contributed by atoms with Crippen LogP contribution in [0.4, 0.5) is 0 Å². The molecule has 92 valence electrons. The van der Waals surface area contributed by atoms with Gasteiger partial charge in [0.15, 0.2) is 0 Å². The summed E-state index contributed by atoms with van der Waals surface area (Å²) in [7, 11) is 0. The minimum absolute atomic E-state index is 0.165. The molecule has 0 unspecified atom stereocenters. The van der Waals surface area contributed by atoms with Crippen LogP contribution in [-0.2, 0) is 0 Å². The average molecular weight is 307 g/mol. The Kier molecular flexibility index (Phi) is 3.67. The van der Waals surface area contributed by atoms with E-state index in [4.69, 9.17) is 9.84 Å². The quantitative estimate of drug-likeness (QED) is 0.922. The van der Waals surface area contributed by atoms with Gasteiger partial charge in [-0.05, 0) is 43.3 Å². The van der Waals surface area contributed by atoms with Crippen LogP contribution in [0.1, 0.15) is 15.9 Å². The van der Waals surface area contributed by atoms with Crippen molar-refractivity contribution in [2.75, 3.05) is 0 Å². The SMILES string of the molecule is Cc1ccc(Oc2ccc(Br)cc2)c(C(=O)O)c1. The van der Waals surface area contributed by atoms with Crippen molar-refractivity contribution in [1.29, 1.82) is 0 Å². The molecule has 0 atom stereocenters. The van der Waals surface area contributed by atoms with Crippen LogP contribution in [-0.4, -0.2) is 11.1 Å². The van der Waals surface area contributed by atoms with Crippen molar-refractivity contribution >= 4 is 21.9 Å². The fraction of sp³-hybridized carbons (Fsp3) is 0.0714. The number of aromatic carboxylic acids is 1. The number of halogens is 1. The van der Waals surface area contributed by atoms with Crippen molar-refractivity contribution in [3.8, 4) is 11.5 Å². The summed E-state index contributed by atoms with van der Waals surface area (Å²) in [6.45, 7) is 1.84. The molecule has 0 aliphatic heterocycles. The molecule has 0 radical (unpaired) electrons. The third-order valence-corrected chi connectivity index (χ3v) is 2.94. The van der Waals surface area contributed by atoms with Crippen molar-refractivity contribution in [3.63, 3.8) is 0 Å². The number of hydrogen-bond donors (Lipinski definition) is 1. The minimum atomic E-state index is -0.995. The molecule has 18 heavy (non-hydrogen) atoms. The van der Waals surface area contributed by atoms with E-state index in [0.717, 1.165) is 10.0 Å². The van der Waals surface area contributed by atoms with Gasteiger partial charge in [-0.15, -0.1) is 0 Å². The second kappa shape index (κ2) is 5.23. The van der Waals surface area contributed by atoms with Gasteiger partial charge in [0.2, 0.25) is 0 Å². The molecule has 0 aromatic heterocycles. The summed E-state index contributed by atoms with van der Waals surface area (Å²) < 4.78 is 6.52. The number of rotatable bonds is 3. The molecule has 1 N–H and O–H groups in total. The monoisotopic (exact) mass is 306 g/mol. The first-order valence-electron chi connectivity index (χ1n) is 5.33. The molecular formula is C14H11BrO3. The maximum atomic E-state index is 11.1. The molecule has 0 bridgehead atoms. The number of carboxylic acid groups (broad SMARTS) is 1. The zero-order valence-electron chi connectivity index (χ0n) is 9.68. The summed E-state index contributed by atoms with van der Waals surface area (Å²) in [4.78, 5) is 11.1. The van der Waals surface area contributed by atoms with Crippen LogP contribution in [0.2, 0.25) is 0 Å². The van der Waals surface area contributed by atoms with E-state index in [9.17, 15) is 4.79 Å². The lowest BCUT2D eigenvalue weighted by Crippen LogP contribution is -2.00. The number of benzene rings is 2. The normalized spacial score (nSPS) is 10.1. The lowest BCUT2D eigenvalue weighted by atomic mass is 10.1. The van der Waals surface area contributed by atoms with Crippen molar-refractivity contribution in [3.05, 3.63) is 58.1 Å². The van der Waals surface area contributed by atoms with Crippen LogP contribution in [0.5, 0.6) is 11.5 Å². The number of carboxylic acids is 1. The van der Waals surface area contributed by atoms with E-state index >= 15 is 0 Å². The Labute approximate surface area is 113 Å². The highest BCUT2D eigenvalue weighted by Crippen LogP contribution is 2.27. The molecule has 3 nitrogen and oxygen atoms in total. The van der Waals surface area contributed by atoms with Crippen LogP contribution < -0.4 is 4.74 Å². The number of ether oxygens (including phenoxy) is 1. The molecule has 0 fully saturated rings. The molecule has 0 spiro atoms. The standard InChI is InChI=1S/C14H11BrO3/c1-9-2-7-13(12(8-9)14(16)17)18-11-5-3-10(15)4-6-11/h2-8H,1H3,(H,16,17). The Balaban J connectivity index is 2.34. The maximum Gasteiger partial charge on any atom is 0.339 e. The van der Waals surface area contributed by atoms with E-state index < -0.39 is 5.97 Å². The number of carbonyl (C=O) groups is 1. The Morgan fingerprint density at radius 3 is 2.44 bits per heavy atom. The maximum absolute atomic E-state index is 11.1. The van der Waals surface area contributed by atoms with Gasteiger partial charge in [0.1, 0.15) is 17.1 Å².